The largest absolute Gasteiger partial charge is 0.331 e. The molecular weight excluding hydrogens is 400 g/mol. The number of hydrogen-bond donors (Lipinski definition) is 1. The van der Waals surface area contributed by atoms with Crippen LogP contribution in [0.5, 0.6) is 0 Å². The van der Waals surface area contributed by atoms with Gasteiger partial charge in [-0.25, -0.2) is 4.98 Å². The van der Waals surface area contributed by atoms with Crippen molar-refractivity contribution in [2.45, 2.75) is 13.3 Å². The molecule has 0 aliphatic rings. The van der Waals surface area contributed by atoms with Gasteiger partial charge < -0.3 is 5.32 Å². The van der Waals surface area contributed by atoms with Crippen molar-refractivity contribution in [3.63, 3.8) is 0 Å². The Balaban J connectivity index is 1.96. The van der Waals surface area contributed by atoms with Gasteiger partial charge in [0, 0.05) is 14.6 Å². The highest BCUT2D eigenvalue weighted by atomic mass is 79.9. The standard InChI is InChI=1S/C15H12Br2N2S/c1-2-9-7-10(16)3-5-12(9)18-15-19-13-8-11(17)4-6-14(13)20-15/h3-8H,2H2,1H3,(H,18,19). The summed E-state index contributed by atoms with van der Waals surface area (Å²) < 4.78 is 3.35. The summed E-state index contributed by atoms with van der Waals surface area (Å²) in [5.41, 5.74) is 3.41. The summed E-state index contributed by atoms with van der Waals surface area (Å²) in [7, 11) is 0. The average molecular weight is 412 g/mol. The molecule has 0 radical (unpaired) electrons. The monoisotopic (exact) mass is 410 g/mol. The van der Waals surface area contributed by atoms with Crippen LogP contribution in [0.25, 0.3) is 10.2 Å². The van der Waals surface area contributed by atoms with Crippen LogP contribution in [0.3, 0.4) is 0 Å². The number of aryl methyl sites for hydroxylation is 1. The molecule has 20 heavy (non-hydrogen) atoms. The van der Waals surface area contributed by atoms with Crippen LogP contribution in [-0.2, 0) is 6.42 Å². The van der Waals surface area contributed by atoms with E-state index < -0.39 is 0 Å². The summed E-state index contributed by atoms with van der Waals surface area (Å²) in [6.07, 6.45) is 0.984. The lowest BCUT2D eigenvalue weighted by molar-refractivity contribution is 1.14. The maximum Gasteiger partial charge on any atom is 0.188 e. The number of halogens is 2. The summed E-state index contributed by atoms with van der Waals surface area (Å²) in [6.45, 7) is 2.16. The molecule has 0 saturated carbocycles. The first-order valence-electron chi connectivity index (χ1n) is 6.27. The summed E-state index contributed by atoms with van der Waals surface area (Å²) in [6, 6.07) is 12.5. The molecule has 0 aliphatic heterocycles. The van der Waals surface area contributed by atoms with Gasteiger partial charge in [0.05, 0.1) is 10.2 Å². The summed E-state index contributed by atoms with van der Waals surface area (Å²) >= 11 is 8.66. The Morgan fingerprint density at radius 3 is 2.65 bits per heavy atom. The van der Waals surface area contributed by atoms with Gasteiger partial charge in [-0.3, -0.25) is 0 Å². The van der Waals surface area contributed by atoms with Crippen LogP contribution < -0.4 is 5.32 Å². The maximum absolute atomic E-state index is 4.63. The number of nitrogens with one attached hydrogen (secondary N) is 1. The number of fused-ring (bicyclic) bond motifs is 1. The summed E-state index contributed by atoms with van der Waals surface area (Å²) in [4.78, 5) is 4.63. The summed E-state index contributed by atoms with van der Waals surface area (Å²) in [5, 5.41) is 4.36. The molecule has 2 aromatic carbocycles. The van der Waals surface area contributed by atoms with E-state index in [0.29, 0.717) is 0 Å². The zero-order valence-electron chi connectivity index (χ0n) is 10.8. The minimum Gasteiger partial charge on any atom is -0.331 e. The third-order valence-electron chi connectivity index (χ3n) is 3.04. The first-order valence-corrected chi connectivity index (χ1v) is 8.67. The van der Waals surface area contributed by atoms with Gasteiger partial charge in [0.25, 0.3) is 0 Å². The van der Waals surface area contributed by atoms with E-state index in [2.05, 4.69) is 67.3 Å². The van der Waals surface area contributed by atoms with Gasteiger partial charge >= 0.3 is 0 Å². The second-order valence-electron chi connectivity index (χ2n) is 4.41. The first kappa shape index (κ1) is 14.0. The fourth-order valence-corrected chi connectivity index (χ4v) is 3.66. The number of nitrogens with zero attached hydrogens (tertiary/aromatic N) is 1. The molecule has 3 aromatic rings. The SMILES string of the molecule is CCc1cc(Br)ccc1Nc1nc2cc(Br)ccc2s1. The van der Waals surface area contributed by atoms with Gasteiger partial charge in [-0.05, 0) is 48.4 Å². The first-order chi connectivity index (χ1) is 9.65. The van der Waals surface area contributed by atoms with E-state index in [1.165, 1.54) is 10.3 Å². The molecule has 1 heterocycles. The van der Waals surface area contributed by atoms with Crippen molar-refractivity contribution in [2.24, 2.45) is 0 Å². The fourth-order valence-electron chi connectivity index (χ4n) is 2.05. The van der Waals surface area contributed by atoms with Crippen LogP contribution in [0.15, 0.2) is 45.3 Å². The molecular formula is C15H12Br2N2S. The van der Waals surface area contributed by atoms with Gasteiger partial charge in [-0.1, -0.05) is 50.1 Å². The number of benzene rings is 2. The zero-order valence-corrected chi connectivity index (χ0v) is 14.8. The van der Waals surface area contributed by atoms with Crippen LogP contribution in [0, 0.1) is 0 Å². The quantitative estimate of drug-likeness (QED) is 0.560. The molecule has 0 fully saturated rings. The number of rotatable bonds is 3. The van der Waals surface area contributed by atoms with E-state index in [1.807, 2.05) is 18.2 Å². The van der Waals surface area contributed by atoms with Gasteiger partial charge in [-0.2, -0.15) is 0 Å². The van der Waals surface area contributed by atoms with Crippen LogP contribution >= 0.6 is 43.2 Å². The molecule has 102 valence electrons. The number of hydrogen-bond acceptors (Lipinski definition) is 3. The number of anilines is 2. The second-order valence-corrected chi connectivity index (χ2v) is 7.27. The van der Waals surface area contributed by atoms with E-state index >= 15 is 0 Å². The van der Waals surface area contributed by atoms with Gasteiger partial charge in [-0.15, -0.1) is 0 Å². The number of aromatic nitrogens is 1. The van der Waals surface area contributed by atoms with Crippen molar-refractivity contribution in [1.29, 1.82) is 0 Å². The Morgan fingerprint density at radius 1 is 1.10 bits per heavy atom. The van der Waals surface area contributed by atoms with E-state index in [0.717, 1.165) is 31.7 Å². The minimum absolute atomic E-state index is 0.926. The van der Waals surface area contributed by atoms with Crippen LogP contribution in [0.2, 0.25) is 0 Å². The van der Waals surface area contributed by atoms with Gasteiger partial charge in [0.15, 0.2) is 5.13 Å². The third-order valence-corrected chi connectivity index (χ3v) is 4.98. The minimum atomic E-state index is 0.926. The van der Waals surface area contributed by atoms with Gasteiger partial charge in [0.1, 0.15) is 0 Å². The van der Waals surface area contributed by atoms with Crippen molar-refractivity contribution in [2.75, 3.05) is 5.32 Å². The molecule has 5 heteroatoms. The topological polar surface area (TPSA) is 24.9 Å². The average Bonchev–Trinajstić information content (AvgIpc) is 2.82. The number of thiazole rings is 1. The van der Waals surface area contributed by atoms with E-state index in [-0.39, 0.29) is 0 Å². The molecule has 0 bridgehead atoms. The molecule has 0 aliphatic carbocycles. The Hall–Kier alpha value is -0.910. The smallest absolute Gasteiger partial charge is 0.188 e. The van der Waals surface area contributed by atoms with Crippen LogP contribution in [-0.4, -0.2) is 4.98 Å². The molecule has 0 spiro atoms. The Bertz CT molecular complexity index is 768. The van der Waals surface area contributed by atoms with Crippen molar-refractivity contribution in [3.8, 4) is 0 Å². The van der Waals surface area contributed by atoms with Crippen molar-refractivity contribution < 1.29 is 0 Å². The molecule has 0 atom stereocenters. The highest BCUT2D eigenvalue weighted by molar-refractivity contribution is 9.10. The molecule has 0 amide bonds. The highest BCUT2D eigenvalue weighted by Crippen LogP contribution is 2.31. The molecule has 0 unspecified atom stereocenters. The van der Waals surface area contributed by atoms with E-state index in [1.54, 1.807) is 11.3 Å². The fraction of sp³-hybridized carbons (Fsp3) is 0.133. The van der Waals surface area contributed by atoms with E-state index in [9.17, 15) is 0 Å². The van der Waals surface area contributed by atoms with E-state index in [4.69, 9.17) is 0 Å². The Kier molecular flexibility index (Phi) is 4.10. The molecule has 2 nitrogen and oxygen atoms in total. The lowest BCUT2D eigenvalue weighted by Gasteiger charge is -2.08. The lowest BCUT2D eigenvalue weighted by atomic mass is 10.1. The lowest BCUT2D eigenvalue weighted by Crippen LogP contribution is -1.94. The summed E-state index contributed by atoms with van der Waals surface area (Å²) in [5.74, 6) is 0. The Labute approximate surface area is 138 Å². The van der Waals surface area contributed by atoms with Crippen molar-refractivity contribution >= 4 is 64.2 Å². The predicted molar refractivity (Wildman–Crippen MR) is 94.1 cm³/mol. The van der Waals surface area contributed by atoms with Crippen molar-refractivity contribution in [1.82, 2.24) is 4.98 Å². The predicted octanol–water partition coefficient (Wildman–Crippen LogP) is 6.13. The zero-order chi connectivity index (χ0) is 14.1. The van der Waals surface area contributed by atoms with Crippen LogP contribution in [0.4, 0.5) is 10.8 Å². The molecule has 0 saturated heterocycles. The molecule has 3 rings (SSSR count). The van der Waals surface area contributed by atoms with Gasteiger partial charge in [0.2, 0.25) is 0 Å². The Morgan fingerprint density at radius 2 is 1.85 bits per heavy atom. The molecule has 1 N–H and O–H groups in total. The third kappa shape index (κ3) is 2.90. The van der Waals surface area contributed by atoms with Crippen LogP contribution in [0.1, 0.15) is 12.5 Å². The normalized spacial score (nSPS) is 10.9. The maximum atomic E-state index is 4.63. The second kappa shape index (κ2) is 5.84. The molecule has 1 aromatic heterocycles. The van der Waals surface area contributed by atoms with Crippen molar-refractivity contribution in [3.05, 3.63) is 50.9 Å². The highest BCUT2D eigenvalue weighted by Gasteiger charge is 2.07.